The summed E-state index contributed by atoms with van der Waals surface area (Å²) >= 11 is 1.45. The molecule has 0 saturated carbocycles. The zero-order valence-corrected chi connectivity index (χ0v) is 22.1. The summed E-state index contributed by atoms with van der Waals surface area (Å²) in [6.07, 6.45) is 4.50. The van der Waals surface area contributed by atoms with E-state index in [4.69, 9.17) is 0 Å². The van der Waals surface area contributed by atoms with Crippen LogP contribution in [-0.4, -0.2) is 34.8 Å². The van der Waals surface area contributed by atoms with Crippen molar-refractivity contribution in [1.29, 1.82) is 0 Å². The Morgan fingerprint density at radius 2 is 1.43 bits per heavy atom. The van der Waals surface area contributed by atoms with Crippen LogP contribution < -0.4 is 0 Å². The summed E-state index contributed by atoms with van der Waals surface area (Å²) < 4.78 is 0. The van der Waals surface area contributed by atoms with Crippen LogP contribution in [0.4, 0.5) is 0 Å². The molecule has 0 atom stereocenters. The zero-order chi connectivity index (χ0) is 25.8. The average Bonchev–Trinajstić information content (AvgIpc) is 3.58. The number of Topliss-reactive ketones (excluding diaryl/α,β-unsaturated/α-hetero) is 1. The molecule has 1 saturated heterocycles. The maximum atomic E-state index is 13.4. The van der Waals surface area contributed by atoms with Crippen molar-refractivity contribution in [2.24, 2.45) is 4.99 Å². The first-order valence-corrected chi connectivity index (χ1v) is 13.5. The smallest absolute Gasteiger partial charge is 0.286 e. The third kappa shape index (κ3) is 5.83. The summed E-state index contributed by atoms with van der Waals surface area (Å²) in [5.74, 6) is -0.168. The summed E-state index contributed by atoms with van der Waals surface area (Å²) in [5.41, 5.74) is 6.53. The molecule has 2 heterocycles. The van der Waals surface area contributed by atoms with E-state index in [1.807, 2.05) is 86.7 Å². The number of hydrogen-bond donors (Lipinski definition) is 0. The fourth-order valence-electron chi connectivity index (χ4n) is 4.60. The number of rotatable bonds is 6. The number of amidine groups is 1. The first-order valence-electron chi connectivity index (χ1n) is 12.7. The molecule has 0 bridgehead atoms. The lowest BCUT2D eigenvalue weighted by atomic mass is 9.93. The van der Waals surface area contributed by atoms with Crippen molar-refractivity contribution >= 4 is 39.8 Å². The van der Waals surface area contributed by atoms with Crippen LogP contribution in [0.3, 0.4) is 0 Å². The predicted octanol–water partition coefficient (Wildman–Crippen LogP) is 7.10. The van der Waals surface area contributed by atoms with E-state index in [0.717, 1.165) is 64.5 Å². The van der Waals surface area contributed by atoms with Crippen LogP contribution in [0, 0.1) is 13.8 Å². The lowest BCUT2D eigenvalue weighted by Gasteiger charge is -2.16. The number of thioether (sulfide) groups is 1. The molecule has 37 heavy (non-hydrogen) atoms. The third-order valence-corrected chi connectivity index (χ3v) is 7.89. The highest BCUT2D eigenvalue weighted by atomic mass is 32.2. The molecule has 186 valence electrons. The van der Waals surface area contributed by atoms with Crippen molar-refractivity contribution in [3.63, 3.8) is 0 Å². The number of likely N-dealkylation sites (tertiary alicyclic amines) is 1. The minimum Gasteiger partial charge on any atom is -0.351 e. The van der Waals surface area contributed by atoms with E-state index >= 15 is 0 Å². The van der Waals surface area contributed by atoms with Gasteiger partial charge in [0, 0.05) is 30.6 Å². The van der Waals surface area contributed by atoms with Gasteiger partial charge in [-0.2, -0.15) is 4.99 Å². The average molecular weight is 507 g/mol. The van der Waals surface area contributed by atoms with E-state index in [0.29, 0.717) is 10.5 Å². The third-order valence-electron chi connectivity index (χ3n) is 6.76. The number of carbonyl (C=O) groups is 2. The Balaban J connectivity index is 1.59. The number of ketones is 1. The van der Waals surface area contributed by atoms with Gasteiger partial charge in [-0.05, 0) is 61.2 Å². The highest BCUT2D eigenvalue weighted by Crippen LogP contribution is 2.38. The van der Waals surface area contributed by atoms with Crippen LogP contribution in [-0.2, 0) is 4.79 Å². The Kier molecular flexibility index (Phi) is 7.52. The highest BCUT2D eigenvalue weighted by Gasteiger charge is 2.30. The normalized spacial score (nSPS) is 17.2. The molecule has 2 aliphatic heterocycles. The van der Waals surface area contributed by atoms with E-state index < -0.39 is 0 Å². The number of benzene rings is 3. The molecule has 0 N–H and O–H groups in total. The second-order valence-corrected chi connectivity index (χ2v) is 10.6. The second kappa shape index (κ2) is 11.1. The molecule has 0 aliphatic carbocycles. The molecule has 5 rings (SSSR count). The fourth-order valence-corrected chi connectivity index (χ4v) is 5.64. The monoisotopic (exact) mass is 506 g/mol. The number of carbonyl (C=O) groups excluding carboxylic acids is 2. The van der Waals surface area contributed by atoms with Crippen LogP contribution in [0.25, 0.3) is 11.1 Å². The van der Waals surface area contributed by atoms with Gasteiger partial charge in [0.1, 0.15) is 0 Å². The van der Waals surface area contributed by atoms with Gasteiger partial charge in [-0.3, -0.25) is 9.59 Å². The Morgan fingerprint density at radius 1 is 0.838 bits per heavy atom. The number of nitrogens with zero attached hydrogens (tertiary/aromatic N) is 2. The molecule has 1 fully saturated rings. The Morgan fingerprint density at radius 3 is 2.05 bits per heavy atom. The van der Waals surface area contributed by atoms with Crippen LogP contribution in [0.1, 0.15) is 51.9 Å². The van der Waals surface area contributed by atoms with Gasteiger partial charge in [-0.1, -0.05) is 90.0 Å². The molecule has 0 unspecified atom stereocenters. The van der Waals surface area contributed by atoms with E-state index in [1.165, 1.54) is 11.8 Å². The predicted molar refractivity (Wildman–Crippen MR) is 153 cm³/mol. The van der Waals surface area contributed by atoms with Crippen LogP contribution in [0.15, 0.2) is 94.8 Å². The number of aliphatic imine (C=N–C) groups is 1. The molecule has 0 radical (unpaired) electrons. The van der Waals surface area contributed by atoms with Gasteiger partial charge >= 0.3 is 0 Å². The number of amides is 1. The summed E-state index contributed by atoms with van der Waals surface area (Å²) in [6.45, 7) is 5.93. The largest absolute Gasteiger partial charge is 0.351 e. The minimum absolute atomic E-state index is 0.0442. The molecular weight excluding hydrogens is 476 g/mol. The SMILES string of the molecule is Cc1ccc(C(=O)CC(=CC(=C2SC(N3CCCC3)=NC2=O)c2ccc(C)cc2)c2ccccc2)cc1. The minimum atomic E-state index is -0.212. The van der Waals surface area contributed by atoms with Gasteiger partial charge < -0.3 is 4.90 Å². The van der Waals surface area contributed by atoms with E-state index in [2.05, 4.69) is 22.0 Å². The van der Waals surface area contributed by atoms with Crippen molar-refractivity contribution in [3.8, 4) is 0 Å². The molecule has 4 nitrogen and oxygen atoms in total. The second-order valence-electron chi connectivity index (χ2n) is 9.61. The van der Waals surface area contributed by atoms with Crippen molar-refractivity contribution in [2.45, 2.75) is 33.1 Å². The first kappa shape index (κ1) is 25.0. The van der Waals surface area contributed by atoms with Crippen molar-refractivity contribution in [3.05, 3.63) is 118 Å². The Bertz CT molecular complexity index is 1400. The van der Waals surface area contributed by atoms with Gasteiger partial charge in [0.25, 0.3) is 5.91 Å². The summed E-state index contributed by atoms with van der Waals surface area (Å²) in [6, 6.07) is 25.8. The Hall–Kier alpha value is -3.70. The van der Waals surface area contributed by atoms with Gasteiger partial charge in [0.05, 0.1) is 4.91 Å². The summed E-state index contributed by atoms with van der Waals surface area (Å²) in [5, 5.41) is 0.785. The van der Waals surface area contributed by atoms with Gasteiger partial charge in [0.2, 0.25) is 0 Å². The topological polar surface area (TPSA) is 49.7 Å². The molecule has 2 aliphatic rings. The van der Waals surface area contributed by atoms with E-state index in [9.17, 15) is 9.59 Å². The van der Waals surface area contributed by atoms with Gasteiger partial charge in [-0.25, -0.2) is 0 Å². The molecule has 5 heteroatoms. The Labute approximate surface area is 222 Å². The first-order chi connectivity index (χ1) is 18.0. The molecular formula is C32H30N2O2S. The zero-order valence-electron chi connectivity index (χ0n) is 21.2. The van der Waals surface area contributed by atoms with E-state index in [-0.39, 0.29) is 18.1 Å². The van der Waals surface area contributed by atoms with Crippen molar-refractivity contribution in [2.75, 3.05) is 13.1 Å². The molecule has 3 aromatic rings. The number of allylic oxidation sites excluding steroid dienone is 3. The van der Waals surface area contributed by atoms with Crippen molar-refractivity contribution in [1.82, 2.24) is 4.90 Å². The number of hydrogen-bond acceptors (Lipinski definition) is 4. The standard InChI is InChI=1S/C32H30N2O2S/c1-22-10-14-25(15-11-22)28(30-31(36)33-32(37-30)34-18-6-7-19-34)20-27(24-8-4-3-5-9-24)21-29(35)26-16-12-23(2)13-17-26/h3-5,8-17,20H,6-7,18-19,21H2,1-2H3. The summed E-state index contributed by atoms with van der Waals surface area (Å²) in [7, 11) is 0. The molecule has 0 aromatic heterocycles. The van der Waals surface area contributed by atoms with Crippen molar-refractivity contribution < 1.29 is 9.59 Å². The van der Waals surface area contributed by atoms with E-state index in [1.54, 1.807) is 0 Å². The molecule has 0 spiro atoms. The van der Waals surface area contributed by atoms with Gasteiger partial charge in [0.15, 0.2) is 11.0 Å². The quantitative estimate of drug-likeness (QED) is 0.264. The maximum absolute atomic E-state index is 13.4. The highest BCUT2D eigenvalue weighted by molar-refractivity contribution is 8.18. The molecule has 3 aromatic carbocycles. The maximum Gasteiger partial charge on any atom is 0.286 e. The fraction of sp³-hybridized carbons (Fsp3) is 0.219. The number of aryl methyl sites for hydroxylation is 2. The molecule has 1 amide bonds. The summed E-state index contributed by atoms with van der Waals surface area (Å²) in [4.78, 5) is 33.8. The lowest BCUT2D eigenvalue weighted by molar-refractivity contribution is -0.113. The van der Waals surface area contributed by atoms with Crippen LogP contribution in [0.2, 0.25) is 0 Å². The van der Waals surface area contributed by atoms with Crippen LogP contribution >= 0.6 is 11.8 Å². The van der Waals surface area contributed by atoms with Gasteiger partial charge in [-0.15, -0.1) is 0 Å². The lowest BCUT2D eigenvalue weighted by Crippen LogP contribution is -2.23. The van der Waals surface area contributed by atoms with Crippen LogP contribution in [0.5, 0.6) is 0 Å².